The molecule has 0 saturated carbocycles. The first-order valence-corrected chi connectivity index (χ1v) is 21.6. The normalized spacial score (nSPS) is 12.5. The smallest absolute Gasteiger partial charge is 0.663 e. The Labute approximate surface area is 349 Å². The zero-order valence-corrected chi connectivity index (χ0v) is 34.9. The molecule has 2 heterocycles. The molecule has 1 aliphatic heterocycles. The standard InChI is InChI=1S/C39H32OP2.C12H11N2.Cu/c1-39(2)33-25-15-27-35(41(29-17-7-3-8-18-29)30-19-9-4-10-20-30)37(33)40-38-34(39)26-16-28-36(38)42(31-21-11-5-12-22-31)32-23-13-6-14-24-32;1-10-4-6-11(7-5-10)14-9-12-3-2-8-13-12;/h3-28H,1-2H3;2-9H,1H3;/q;-1;+1. The van der Waals surface area contributed by atoms with Gasteiger partial charge in [-0.25, -0.2) is 0 Å². The number of aromatic nitrogens is 1. The van der Waals surface area contributed by atoms with Crippen LogP contribution in [0.5, 0.6) is 11.5 Å². The molecule has 3 nitrogen and oxygen atoms in total. The van der Waals surface area contributed by atoms with Crippen LogP contribution in [0.4, 0.5) is 5.69 Å². The van der Waals surface area contributed by atoms with Gasteiger partial charge in [0, 0.05) is 33.4 Å². The summed E-state index contributed by atoms with van der Waals surface area (Å²) in [6.07, 6.45) is 3.53. The molecule has 7 aromatic carbocycles. The molecule has 0 unspecified atom stereocenters. The number of benzene rings is 7. The van der Waals surface area contributed by atoms with Gasteiger partial charge in [-0.1, -0.05) is 201 Å². The summed E-state index contributed by atoms with van der Waals surface area (Å²) >= 11 is 0. The van der Waals surface area contributed by atoms with Gasteiger partial charge < -0.3 is 9.72 Å². The van der Waals surface area contributed by atoms with E-state index in [1.807, 2.05) is 36.4 Å². The van der Waals surface area contributed by atoms with Gasteiger partial charge in [-0.05, 0) is 56.1 Å². The van der Waals surface area contributed by atoms with Crippen molar-refractivity contribution in [3.05, 3.63) is 223 Å². The average molecular weight is 825 g/mol. The molecule has 0 atom stereocenters. The molecular formula is C51H43CuN2OP2. The number of para-hydroxylation sites is 2. The Bertz CT molecular complexity index is 2310. The number of fused-ring (bicyclic) bond motifs is 2. The van der Waals surface area contributed by atoms with Crippen molar-refractivity contribution >= 4 is 59.6 Å². The van der Waals surface area contributed by atoms with Crippen molar-refractivity contribution < 1.29 is 21.8 Å². The first-order chi connectivity index (χ1) is 27.5. The molecule has 6 heteroatoms. The molecular weight excluding hydrogens is 782 g/mol. The molecule has 0 saturated heterocycles. The molecule has 0 bridgehead atoms. The van der Waals surface area contributed by atoms with E-state index in [2.05, 4.69) is 188 Å². The third kappa shape index (κ3) is 8.82. The molecule has 0 spiro atoms. The predicted octanol–water partition coefficient (Wildman–Crippen LogP) is 10.3. The van der Waals surface area contributed by atoms with Gasteiger partial charge in [0.15, 0.2) is 0 Å². The van der Waals surface area contributed by atoms with E-state index in [0.29, 0.717) is 0 Å². The van der Waals surface area contributed by atoms with Gasteiger partial charge in [-0.3, -0.25) is 4.99 Å². The number of nitrogens with zero attached hydrogens (tertiary/aromatic N) is 2. The minimum Gasteiger partial charge on any atom is -0.663 e. The van der Waals surface area contributed by atoms with E-state index in [1.165, 1.54) is 48.5 Å². The van der Waals surface area contributed by atoms with Gasteiger partial charge in [-0.2, -0.15) is 6.20 Å². The molecule has 1 aromatic heterocycles. The summed E-state index contributed by atoms with van der Waals surface area (Å²) in [5, 5.41) is 7.81. The van der Waals surface area contributed by atoms with Gasteiger partial charge in [0.25, 0.3) is 0 Å². The van der Waals surface area contributed by atoms with Gasteiger partial charge in [0.05, 0.1) is 5.69 Å². The van der Waals surface area contributed by atoms with Crippen molar-refractivity contribution in [1.82, 2.24) is 4.98 Å². The molecule has 57 heavy (non-hydrogen) atoms. The van der Waals surface area contributed by atoms with Crippen LogP contribution in [0.25, 0.3) is 0 Å². The van der Waals surface area contributed by atoms with E-state index in [-0.39, 0.29) is 22.5 Å². The van der Waals surface area contributed by atoms with Crippen LogP contribution in [-0.4, -0.2) is 6.21 Å². The Kier molecular flexibility index (Phi) is 12.8. The van der Waals surface area contributed by atoms with Crippen molar-refractivity contribution in [2.75, 3.05) is 0 Å². The molecule has 1 aliphatic rings. The van der Waals surface area contributed by atoms with E-state index in [1.54, 1.807) is 12.4 Å². The van der Waals surface area contributed by atoms with E-state index in [4.69, 9.17) is 4.74 Å². The summed E-state index contributed by atoms with van der Waals surface area (Å²) in [6, 6.07) is 69.1. The van der Waals surface area contributed by atoms with E-state index in [0.717, 1.165) is 22.9 Å². The molecule has 0 radical (unpaired) electrons. The number of aryl methyl sites for hydroxylation is 1. The van der Waals surface area contributed by atoms with Crippen LogP contribution >= 0.6 is 15.8 Å². The van der Waals surface area contributed by atoms with Gasteiger partial charge in [-0.15, -0.1) is 5.69 Å². The van der Waals surface area contributed by atoms with Crippen molar-refractivity contribution in [3.63, 3.8) is 0 Å². The summed E-state index contributed by atoms with van der Waals surface area (Å²) in [5.41, 5.74) is 5.36. The third-order valence-electron chi connectivity index (χ3n) is 10.0. The Morgan fingerprint density at radius 1 is 0.491 bits per heavy atom. The number of hydrogen-bond donors (Lipinski definition) is 0. The number of aliphatic imine (C=N–C) groups is 1. The maximum Gasteiger partial charge on any atom is 1.00 e. The Balaban J connectivity index is 0.000000279. The first kappa shape index (κ1) is 39.9. The zero-order chi connectivity index (χ0) is 38.3. The fourth-order valence-corrected chi connectivity index (χ4v) is 12.0. The monoisotopic (exact) mass is 824 g/mol. The van der Waals surface area contributed by atoms with Crippen LogP contribution in [0.2, 0.25) is 0 Å². The summed E-state index contributed by atoms with van der Waals surface area (Å²) in [6.45, 7) is 6.76. The summed E-state index contributed by atoms with van der Waals surface area (Å²) in [7, 11) is -1.65. The topological polar surface area (TPSA) is 35.7 Å². The zero-order valence-electron chi connectivity index (χ0n) is 32.1. The van der Waals surface area contributed by atoms with Crippen LogP contribution in [-0.2, 0) is 22.5 Å². The molecule has 0 amide bonds. The van der Waals surface area contributed by atoms with E-state index < -0.39 is 15.8 Å². The SMILES string of the molecule is CC1(C)c2cccc(P(c3ccccc3)c3ccccc3)c2Oc2c(P(c3ccccc3)c3ccccc3)cccc21.Cc1ccc(N=Cc2ccc[n-]2)cc1.[Cu+]. The van der Waals surface area contributed by atoms with E-state index >= 15 is 0 Å². The molecule has 0 N–H and O–H groups in total. The summed E-state index contributed by atoms with van der Waals surface area (Å²) < 4.78 is 7.26. The number of ether oxygens (including phenoxy) is 1. The second-order valence-corrected chi connectivity index (χ2v) is 18.6. The molecule has 8 aromatic rings. The van der Waals surface area contributed by atoms with E-state index in [9.17, 15) is 0 Å². The second kappa shape index (κ2) is 18.3. The van der Waals surface area contributed by atoms with Gasteiger partial charge >= 0.3 is 17.1 Å². The van der Waals surface area contributed by atoms with Crippen molar-refractivity contribution in [1.29, 1.82) is 0 Å². The third-order valence-corrected chi connectivity index (χ3v) is 15.0. The summed E-state index contributed by atoms with van der Waals surface area (Å²) in [4.78, 5) is 8.40. The first-order valence-electron chi connectivity index (χ1n) is 18.9. The molecule has 9 rings (SSSR count). The maximum atomic E-state index is 7.26. The fraction of sp³-hybridized carbons (Fsp3) is 0.0784. The average Bonchev–Trinajstić information content (AvgIpc) is 3.77. The quantitative estimate of drug-likeness (QED) is 0.0869. The number of hydrogen-bond acceptors (Lipinski definition) is 2. The largest absolute Gasteiger partial charge is 1.00 e. The predicted molar refractivity (Wildman–Crippen MR) is 241 cm³/mol. The minimum absolute atomic E-state index is 0. The minimum atomic E-state index is -0.824. The van der Waals surface area contributed by atoms with Crippen LogP contribution in [0.1, 0.15) is 36.2 Å². The van der Waals surface area contributed by atoms with Crippen LogP contribution in [0.3, 0.4) is 0 Å². The van der Waals surface area contributed by atoms with Crippen molar-refractivity contribution in [3.8, 4) is 11.5 Å². The maximum absolute atomic E-state index is 7.26. The Morgan fingerprint density at radius 2 is 0.912 bits per heavy atom. The second-order valence-electron chi connectivity index (χ2n) is 14.2. The number of rotatable bonds is 8. The van der Waals surface area contributed by atoms with Gasteiger partial charge in [0.1, 0.15) is 11.5 Å². The van der Waals surface area contributed by atoms with Crippen LogP contribution < -0.4 is 41.5 Å². The Hall–Kier alpha value is -5.33. The molecule has 284 valence electrons. The van der Waals surface area contributed by atoms with Crippen LogP contribution in [0.15, 0.2) is 205 Å². The van der Waals surface area contributed by atoms with Crippen molar-refractivity contribution in [2.45, 2.75) is 26.2 Å². The molecule has 0 aliphatic carbocycles. The molecule has 0 fully saturated rings. The Morgan fingerprint density at radius 3 is 1.30 bits per heavy atom. The van der Waals surface area contributed by atoms with Crippen molar-refractivity contribution in [2.24, 2.45) is 4.99 Å². The summed E-state index contributed by atoms with van der Waals surface area (Å²) in [5.74, 6) is 2.02. The van der Waals surface area contributed by atoms with Gasteiger partial charge in [0.2, 0.25) is 0 Å². The van der Waals surface area contributed by atoms with Crippen LogP contribution in [0, 0.1) is 6.92 Å². The fourth-order valence-electron chi connectivity index (χ4n) is 7.17.